The minimum Gasteiger partial charge on any atom is -0.347 e. The molecule has 3 aliphatic rings. The van der Waals surface area contributed by atoms with Crippen molar-refractivity contribution in [1.29, 1.82) is 0 Å². The average molecular weight is 166 g/mol. The highest BCUT2D eigenvalue weighted by Gasteiger charge is 2.45. The summed E-state index contributed by atoms with van der Waals surface area (Å²) in [7, 11) is 0. The van der Waals surface area contributed by atoms with Gasteiger partial charge in [-0.25, -0.2) is 0 Å². The van der Waals surface area contributed by atoms with Crippen LogP contribution in [0.2, 0.25) is 0 Å². The molecule has 0 aromatic rings. The third kappa shape index (κ3) is 0.947. The lowest BCUT2D eigenvalue weighted by Crippen LogP contribution is -2.37. The van der Waals surface area contributed by atoms with E-state index in [1.807, 2.05) is 0 Å². The van der Waals surface area contributed by atoms with Gasteiger partial charge in [0.05, 0.1) is 13.2 Å². The molecule has 2 aliphatic carbocycles. The highest BCUT2D eigenvalue weighted by atomic mass is 16.7. The van der Waals surface area contributed by atoms with Gasteiger partial charge in [-0.1, -0.05) is 12.2 Å². The topological polar surface area (TPSA) is 18.5 Å². The standard InChI is InChI=1S/C10H14O2/c1-2-9-5-8(1)6-10(7-9)11-3-4-12-10/h1-2,8-9H,3-7H2. The van der Waals surface area contributed by atoms with Crippen molar-refractivity contribution in [3.05, 3.63) is 12.2 Å². The van der Waals surface area contributed by atoms with Crippen LogP contribution < -0.4 is 0 Å². The second kappa shape index (κ2) is 2.33. The van der Waals surface area contributed by atoms with E-state index >= 15 is 0 Å². The van der Waals surface area contributed by atoms with Crippen LogP contribution >= 0.6 is 0 Å². The Labute approximate surface area is 72.5 Å². The minimum atomic E-state index is -0.183. The van der Waals surface area contributed by atoms with Gasteiger partial charge in [-0.3, -0.25) is 0 Å². The summed E-state index contributed by atoms with van der Waals surface area (Å²) in [4.78, 5) is 0. The Morgan fingerprint density at radius 3 is 2.17 bits per heavy atom. The fraction of sp³-hybridized carbons (Fsp3) is 0.800. The molecule has 1 saturated carbocycles. The molecule has 0 N–H and O–H groups in total. The van der Waals surface area contributed by atoms with E-state index in [2.05, 4.69) is 12.2 Å². The molecule has 2 heteroatoms. The third-order valence-electron chi connectivity index (χ3n) is 3.22. The zero-order valence-corrected chi connectivity index (χ0v) is 7.16. The summed E-state index contributed by atoms with van der Waals surface area (Å²) in [5.41, 5.74) is 0. The highest BCUT2D eigenvalue weighted by molar-refractivity contribution is 5.08. The minimum absolute atomic E-state index is 0.183. The summed E-state index contributed by atoms with van der Waals surface area (Å²) >= 11 is 0. The molecule has 0 aromatic heterocycles. The maximum atomic E-state index is 5.70. The molecule has 12 heavy (non-hydrogen) atoms. The molecular formula is C10H14O2. The van der Waals surface area contributed by atoms with Gasteiger partial charge in [0.1, 0.15) is 0 Å². The largest absolute Gasteiger partial charge is 0.347 e. The van der Waals surface area contributed by atoms with Crippen molar-refractivity contribution in [2.45, 2.75) is 25.0 Å². The summed E-state index contributed by atoms with van der Waals surface area (Å²) in [5.74, 6) is 1.26. The van der Waals surface area contributed by atoms with Gasteiger partial charge >= 0.3 is 0 Å². The number of allylic oxidation sites excluding steroid dienone is 2. The first-order valence-electron chi connectivity index (χ1n) is 4.83. The van der Waals surface area contributed by atoms with Gasteiger partial charge in [0, 0.05) is 12.8 Å². The monoisotopic (exact) mass is 166 g/mol. The van der Waals surface area contributed by atoms with E-state index in [-0.39, 0.29) is 5.79 Å². The number of hydrogen-bond acceptors (Lipinski definition) is 2. The molecule has 1 heterocycles. The summed E-state index contributed by atoms with van der Waals surface area (Å²) in [6.45, 7) is 1.58. The molecule has 0 radical (unpaired) electrons. The van der Waals surface area contributed by atoms with E-state index in [4.69, 9.17) is 9.47 Å². The Morgan fingerprint density at radius 2 is 1.58 bits per heavy atom. The van der Waals surface area contributed by atoms with Crippen LogP contribution in [-0.4, -0.2) is 19.0 Å². The Morgan fingerprint density at radius 1 is 1.00 bits per heavy atom. The van der Waals surface area contributed by atoms with Crippen molar-refractivity contribution in [3.63, 3.8) is 0 Å². The van der Waals surface area contributed by atoms with Gasteiger partial charge in [-0.05, 0) is 18.3 Å². The summed E-state index contributed by atoms with van der Waals surface area (Å²) in [5, 5.41) is 0. The van der Waals surface area contributed by atoms with Gasteiger partial charge in [0.2, 0.25) is 0 Å². The first-order chi connectivity index (χ1) is 5.86. The number of fused-ring (bicyclic) bond motifs is 2. The lowest BCUT2D eigenvalue weighted by atomic mass is 9.83. The Bertz CT molecular complexity index is 200. The SMILES string of the molecule is C1=CC2CC1CC1(C2)OCCO1. The van der Waals surface area contributed by atoms with Crippen molar-refractivity contribution in [1.82, 2.24) is 0 Å². The molecule has 66 valence electrons. The fourth-order valence-corrected chi connectivity index (χ4v) is 2.78. The van der Waals surface area contributed by atoms with E-state index in [0.717, 1.165) is 37.9 Å². The van der Waals surface area contributed by atoms with Crippen molar-refractivity contribution < 1.29 is 9.47 Å². The van der Waals surface area contributed by atoms with Crippen LogP contribution in [0.1, 0.15) is 19.3 Å². The molecule has 2 nitrogen and oxygen atoms in total. The van der Waals surface area contributed by atoms with Gasteiger partial charge in [0.25, 0.3) is 0 Å². The second-order valence-electron chi connectivity index (χ2n) is 4.16. The zero-order chi connectivity index (χ0) is 8.02. The number of ether oxygens (including phenoxy) is 2. The number of rotatable bonds is 0. The van der Waals surface area contributed by atoms with Crippen molar-refractivity contribution in [3.8, 4) is 0 Å². The van der Waals surface area contributed by atoms with E-state index in [0.29, 0.717) is 0 Å². The molecular weight excluding hydrogens is 152 g/mol. The van der Waals surface area contributed by atoms with Crippen molar-refractivity contribution >= 4 is 0 Å². The van der Waals surface area contributed by atoms with Crippen molar-refractivity contribution in [2.75, 3.05) is 13.2 Å². The van der Waals surface area contributed by atoms with Crippen LogP contribution in [0.25, 0.3) is 0 Å². The zero-order valence-electron chi connectivity index (χ0n) is 7.16. The molecule has 1 saturated heterocycles. The van der Waals surface area contributed by atoms with Crippen molar-refractivity contribution in [2.24, 2.45) is 11.8 Å². The van der Waals surface area contributed by atoms with Crippen LogP contribution in [0.3, 0.4) is 0 Å². The number of hydrogen-bond donors (Lipinski definition) is 0. The van der Waals surface area contributed by atoms with Crippen LogP contribution in [0, 0.1) is 11.8 Å². The molecule has 2 unspecified atom stereocenters. The molecule has 2 fully saturated rings. The molecule has 2 bridgehead atoms. The molecule has 1 aliphatic heterocycles. The van der Waals surface area contributed by atoms with Gasteiger partial charge < -0.3 is 9.47 Å². The van der Waals surface area contributed by atoms with Crippen LogP contribution in [0.4, 0.5) is 0 Å². The first kappa shape index (κ1) is 7.10. The van der Waals surface area contributed by atoms with Crippen LogP contribution in [0.5, 0.6) is 0 Å². The third-order valence-corrected chi connectivity index (χ3v) is 3.22. The quantitative estimate of drug-likeness (QED) is 0.510. The Balaban J connectivity index is 1.83. The Kier molecular flexibility index (Phi) is 1.38. The molecule has 0 aromatic carbocycles. The van der Waals surface area contributed by atoms with Gasteiger partial charge in [-0.2, -0.15) is 0 Å². The maximum absolute atomic E-state index is 5.70. The molecule has 0 amide bonds. The molecule has 3 rings (SSSR count). The van der Waals surface area contributed by atoms with E-state index in [1.54, 1.807) is 0 Å². The predicted octanol–water partition coefficient (Wildman–Crippen LogP) is 1.72. The van der Waals surface area contributed by atoms with Gasteiger partial charge in [-0.15, -0.1) is 0 Å². The van der Waals surface area contributed by atoms with Gasteiger partial charge in [0.15, 0.2) is 5.79 Å². The average Bonchev–Trinajstić information content (AvgIpc) is 2.60. The van der Waals surface area contributed by atoms with Crippen LogP contribution in [0.15, 0.2) is 12.2 Å². The summed E-state index contributed by atoms with van der Waals surface area (Å²) in [6.07, 6.45) is 8.17. The maximum Gasteiger partial charge on any atom is 0.169 e. The highest BCUT2D eigenvalue weighted by Crippen LogP contribution is 2.45. The van der Waals surface area contributed by atoms with E-state index < -0.39 is 0 Å². The van der Waals surface area contributed by atoms with E-state index in [1.165, 1.54) is 6.42 Å². The lowest BCUT2D eigenvalue weighted by molar-refractivity contribution is -0.187. The normalized spacial score (nSPS) is 42.7. The molecule has 2 atom stereocenters. The second-order valence-corrected chi connectivity index (χ2v) is 4.16. The first-order valence-corrected chi connectivity index (χ1v) is 4.83. The summed E-state index contributed by atoms with van der Waals surface area (Å²) < 4.78 is 11.4. The van der Waals surface area contributed by atoms with Crippen LogP contribution in [-0.2, 0) is 9.47 Å². The summed E-state index contributed by atoms with van der Waals surface area (Å²) in [6, 6.07) is 0. The fourth-order valence-electron chi connectivity index (χ4n) is 2.78. The van der Waals surface area contributed by atoms with E-state index in [9.17, 15) is 0 Å². The smallest absolute Gasteiger partial charge is 0.169 e. The predicted molar refractivity (Wildman–Crippen MR) is 44.6 cm³/mol. The lowest BCUT2D eigenvalue weighted by Gasteiger charge is -2.35. The molecule has 1 spiro atoms. The Hall–Kier alpha value is -0.340.